The first kappa shape index (κ1) is 22.0. The molecule has 1 N–H and O–H groups in total. The van der Waals surface area contributed by atoms with Crippen molar-refractivity contribution in [2.75, 3.05) is 0 Å². The molecule has 0 aromatic heterocycles. The van der Waals surface area contributed by atoms with Crippen molar-refractivity contribution in [3.8, 4) is 0 Å². The fourth-order valence-electron chi connectivity index (χ4n) is 2.28. The van der Waals surface area contributed by atoms with E-state index in [9.17, 15) is 35.5 Å². The smallest absolute Gasteiger partial charge is 0.420 e. The van der Waals surface area contributed by atoms with E-state index in [0.29, 0.717) is 0 Å². The van der Waals surface area contributed by atoms with Crippen LogP contribution in [0.4, 0.5) is 35.5 Å². The number of rotatable bonds is 4. The Kier molecular flexibility index (Phi) is 6.20. The van der Waals surface area contributed by atoms with Gasteiger partial charge in [-0.3, -0.25) is 5.32 Å². The molecule has 148 valence electrons. The highest BCUT2D eigenvalue weighted by Crippen LogP contribution is 2.49. The lowest BCUT2D eigenvalue weighted by atomic mass is 9.78. The molecule has 0 heterocycles. The van der Waals surface area contributed by atoms with E-state index >= 15 is 0 Å². The minimum absolute atomic E-state index is 0.196. The lowest BCUT2D eigenvalue weighted by molar-refractivity contribution is -0.311. The number of amides is 1. The molecule has 1 aromatic rings. The quantitative estimate of drug-likeness (QED) is 0.705. The standard InChI is InChI=1S/C16H18F7NO2/c1-13(2,3)9-14(15(18,19)20,16(21,22)23)24-12(25)26-8-10-4-6-11(17)7-5-10/h4-7H,8-9H2,1-3H3,(H,24,25). The van der Waals surface area contributed by atoms with Crippen molar-refractivity contribution in [2.24, 2.45) is 5.41 Å². The topological polar surface area (TPSA) is 38.3 Å². The number of carbonyl (C=O) groups excluding carboxylic acids is 1. The Labute approximate surface area is 145 Å². The molecule has 0 unspecified atom stereocenters. The lowest BCUT2D eigenvalue weighted by Gasteiger charge is -2.41. The second-order valence-electron chi connectivity index (χ2n) is 6.97. The van der Waals surface area contributed by atoms with E-state index in [-0.39, 0.29) is 5.56 Å². The molecule has 0 bridgehead atoms. The number of hydrogen-bond donors (Lipinski definition) is 1. The third kappa shape index (κ3) is 5.50. The summed E-state index contributed by atoms with van der Waals surface area (Å²) in [5, 5.41) is 0.963. The van der Waals surface area contributed by atoms with Gasteiger partial charge < -0.3 is 4.74 Å². The van der Waals surface area contributed by atoms with Gasteiger partial charge in [0.15, 0.2) is 0 Å². The second kappa shape index (κ2) is 7.32. The van der Waals surface area contributed by atoms with Gasteiger partial charge in [0.05, 0.1) is 0 Å². The number of benzene rings is 1. The predicted molar refractivity (Wildman–Crippen MR) is 78.6 cm³/mol. The molecule has 1 aromatic carbocycles. The Morgan fingerprint density at radius 3 is 1.81 bits per heavy atom. The van der Waals surface area contributed by atoms with Crippen molar-refractivity contribution in [3.63, 3.8) is 0 Å². The van der Waals surface area contributed by atoms with Crippen LogP contribution in [0, 0.1) is 11.2 Å². The molecule has 1 amide bonds. The van der Waals surface area contributed by atoms with E-state index in [1.54, 1.807) is 0 Å². The predicted octanol–water partition coefficient (Wildman–Crippen LogP) is 5.35. The zero-order valence-corrected chi connectivity index (χ0v) is 14.2. The highest BCUT2D eigenvalue weighted by atomic mass is 19.4. The van der Waals surface area contributed by atoms with E-state index < -0.39 is 48.2 Å². The molecule has 26 heavy (non-hydrogen) atoms. The van der Waals surface area contributed by atoms with Crippen molar-refractivity contribution in [1.29, 1.82) is 0 Å². The van der Waals surface area contributed by atoms with Gasteiger partial charge >= 0.3 is 18.4 Å². The molecular formula is C16H18F7NO2. The zero-order chi connectivity index (χ0) is 20.4. The van der Waals surface area contributed by atoms with Crippen LogP contribution in [0.1, 0.15) is 32.8 Å². The number of hydrogen-bond acceptors (Lipinski definition) is 2. The van der Waals surface area contributed by atoms with Gasteiger partial charge in [-0.2, -0.15) is 26.3 Å². The fraction of sp³-hybridized carbons (Fsp3) is 0.562. The molecular weight excluding hydrogens is 371 g/mol. The number of carbonyl (C=O) groups is 1. The molecule has 0 saturated heterocycles. The summed E-state index contributed by atoms with van der Waals surface area (Å²) in [5.74, 6) is -0.600. The Morgan fingerprint density at radius 1 is 0.962 bits per heavy atom. The number of halogens is 7. The van der Waals surface area contributed by atoms with Crippen LogP contribution in [0.2, 0.25) is 0 Å². The van der Waals surface area contributed by atoms with Crippen LogP contribution >= 0.6 is 0 Å². The normalized spacial score (nSPS) is 13.5. The van der Waals surface area contributed by atoms with Gasteiger partial charge in [-0.05, 0) is 29.5 Å². The summed E-state index contributed by atoms with van der Waals surface area (Å²) in [4.78, 5) is 11.7. The van der Waals surface area contributed by atoms with Crippen molar-refractivity contribution in [3.05, 3.63) is 35.6 Å². The first-order chi connectivity index (χ1) is 11.6. The lowest BCUT2D eigenvalue weighted by Crippen LogP contribution is -2.68. The Bertz CT molecular complexity index is 601. The summed E-state index contributed by atoms with van der Waals surface area (Å²) in [7, 11) is 0. The maximum atomic E-state index is 13.3. The molecule has 0 spiro atoms. The van der Waals surface area contributed by atoms with Crippen LogP contribution in [0.3, 0.4) is 0 Å². The Morgan fingerprint density at radius 2 is 1.42 bits per heavy atom. The van der Waals surface area contributed by atoms with Gasteiger partial charge in [0.2, 0.25) is 5.54 Å². The summed E-state index contributed by atoms with van der Waals surface area (Å²) < 4.78 is 97.2. The van der Waals surface area contributed by atoms with Gasteiger partial charge in [0, 0.05) is 0 Å². The van der Waals surface area contributed by atoms with Crippen LogP contribution < -0.4 is 5.32 Å². The van der Waals surface area contributed by atoms with Crippen LogP contribution in [-0.2, 0) is 11.3 Å². The van der Waals surface area contributed by atoms with E-state index in [2.05, 4.69) is 4.74 Å². The summed E-state index contributed by atoms with van der Waals surface area (Å²) >= 11 is 0. The molecule has 0 saturated carbocycles. The van der Waals surface area contributed by atoms with E-state index in [1.807, 2.05) is 0 Å². The number of alkyl carbamates (subject to hydrolysis) is 1. The first-order valence-electron chi connectivity index (χ1n) is 7.40. The van der Waals surface area contributed by atoms with Crippen LogP contribution in [0.5, 0.6) is 0 Å². The molecule has 0 aliphatic carbocycles. The minimum atomic E-state index is -5.80. The first-order valence-corrected chi connectivity index (χ1v) is 7.40. The highest BCUT2D eigenvalue weighted by Gasteiger charge is 2.72. The van der Waals surface area contributed by atoms with E-state index in [0.717, 1.165) is 17.4 Å². The Hall–Kier alpha value is -2.00. The SMILES string of the molecule is CC(C)(C)CC(NC(=O)OCc1ccc(F)cc1)(C(F)(F)F)C(F)(F)F. The number of nitrogens with one attached hydrogen (secondary N) is 1. The average molecular weight is 389 g/mol. The number of alkyl halides is 6. The molecule has 0 fully saturated rings. The van der Waals surface area contributed by atoms with Crippen molar-refractivity contribution >= 4 is 6.09 Å². The van der Waals surface area contributed by atoms with E-state index in [1.165, 1.54) is 32.9 Å². The van der Waals surface area contributed by atoms with Crippen molar-refractivity contribution in [2.45, 2.75) is 51.7 Å². The minimum Gasteiger partial charge on any atom is -0.445 e. The van der Waals surface area contributed by atoms with Crippen LogP contribution in [0.25, 0.3) is 0 Å². The molecule has 0 atom stereocenters. The maximum absolute atomic E-state index is 13.3. The molecule has 1 rings (SSSR count). The van der Waals surface area contributed by atoms with E-state index in [4.69, 9.17) is 0 Å². The maximum Gasteiger partial charge on any atom is 0.420 e. The third-order valence-corrected chi connectivity index (χ3v) is 3.36. The zero-order valence-electron chi connectivity index (χ0n) is 14.2. The average Bonchev–Trinajstić information content (AvgIpc) is 2.42. The Balaban J connectivity index is 3.03. The molecule has 0 aliphatic rings. The monoisotopic (exact) mass is 389 g/mol. The van der Waals surface area contributed by atoms with Crippen LogP contribution in [0.15, 0.2) is 24.3 Å². The van der Waals surface area contributed by atoms with Gasteiger partial charge in [-0.25, -0.2) is 9.18 Å². The summed E-state index contributed by atoms with van der Waals surface area (Å²) in [5.41, 5.74) is -5.67. The number of ether oxygens (including phenoxy) is 1. The summed E-state index contributed by atoms with van der Waals surface area (Å²) in [6.45, 7) is 2.94. The van der Waals surface area contributed by atoms with Crippen LogP contribution in [-0.4, -0.2) is 24.0 Å². The summed E-state index contributed by atoms with van der Waals surface area (Å²) in [6, 6.07) is 4.37. The molecule has 0 radical (unpaired) electrons. The van der Waals surface area contributed by atoms with Gasteiger partial charge in [0.25, 0.3) is 0 Å². The van der Waals surface area contributed by atoms with Crippen molar-refractivity contribution < 1.29 is 40.3 Å². The molecule has 10 heteroatoms. The summed E-state index contributed by atoms with van der Waals surface area (Å²) in [6.07, 6.45) is -14.9. The van der Waals surface area contributed by atoms with Gasteiger partial charge in [-0.1, -0.05) is 32.9 Å². The molecule has 0 aliphatic heterocycles. The van der Waals surface area contributed by atoms with Crippen molar-refractivity contribution in [1.82, 2.24) is 5.32 Å². The van der Waals surface area contributed by atoms with Gasteiger partial charge in [0.1, 0.15) is 12.4 Å². The molecule has 3 nitrogen and oxygen atoms in total. The van der Waals surface area contributed by atoms with Gasteiger partial charge in [-0.15, -0.1) is 0 Å². The second-order valence-corrected chi connectivity index (χ2v) is 6.97. The largest absolute Gasteiger partial charge is 0.445 e. The highest BCUT2D eigenvalue weighted by molar-refractivity contribution is 5.68. The third-order valence-electron chi connectivity index (χ3n) is 3.36. The fourth-order valence-corrected chi connectivity index (χ4v) is 2.28.